The third-order valence-electron chi connectivity index (χ3n) is 5.03. The monoisotopic (exact) mass is 368 g/mol. The zero-order valence-electron chi connectivity index (χ0n) is 15.5. The molecule has 1 saturated heterocycles. The molecular formula is C19H25N6P. The quantitative estimate of drug-likeness (QED) is 0.716. The number of nitrogens with zero attached hydrogens (tertiary/aromatic N) is 5. The van der Waals surface area contributed by atoms with Gasteiger partial charge >= 0.3 is 0 Å². The number of rotatable bonds is 4. The first-order valence-corrected chi connectivity index (χ1v) is 10.5. The molecule has 136 valence electrons. The summed E-state index contributed by atoms with van der Waals surface area (Å²) in [5, 5.41) is 9.28. The normalized spacial score (nSPS) is 16.7. The molecule has 1 aliphatic rings. The maximum absolute atomic E-state index is 4.83. The van der Waals surface area contributed by atoms with Crippen LogP contribution in [-0.4, -0.2) is 57.3 Å². The van der Waals surface area contributed by atoms with Crippen LogP contribution in [0.4, 0.5) is 5.82 Å². The van der Waals surface area contributed by atoms with Gasteiger partial charge in [0.25, 0.3) is 0 Å². The topological polar surface area (TPSA) is 58.9 Å². The Balaban J connectivity index is 1.60. The highest BCUT2D eigenvalue weighted by Gasteiger charge is 2.17. The van der Waals surface area contributed by atoms with Crippen LogP contribution in [0.3, 0.4) is 0 Å². The van der Waals surface area contributed by atoms with E-state index in [0.29, 0.717) is 14.8 Å². The summed E-state index contributed by atoms with van der Waals surface area (Å²) in [5.41, 5.74) is 3.95. The minimum absolute atomic E-state index is 0.501. The second-order valence-electron chi connectivity index (χ2n) is 6.95. The summed E-state index contributed by atoms with van der Waals surface area (Å²) < 4.78 is 1.97. The zero-order valence-corrected chi connectivity index (χ0v) is 16.5. The number of piperidine rings is 1. The Bertz CT molecular complexity index is 914. The number of aryl methyl sites for hydroxylation is 1. The molecule has 26 heavy (non-hydrogen) atoms. The molecule has 1 atom stereocenters. The van der Waals surface area contributed by atoms with Crippen molar-refractivity contribution in [1.82, 2.24) is 24.4 Å². The van der Waals surface area contributed by atoms with Crippen LogP contribution >= 0.6 is 8.73 Å². The standard InChI is InChI=1S/C19H25N6P/c1-13-16-11-14(12-20-19(16)25(23-13)26-3)17-5-4-6-18(22-17)21-15-7-9-24(2)10-8-15/h4-6,11-12,15,26H,7-10H2,1-3H3,(H,21,22). The molecule has 0 saturated carbocycles. The third-order valence-corrected chi connectivity index (χ3v) is 5.77. The van der Waals surface area contributed by atoms with Gasteiger partial charge in [-0.2, -0.15) is 5.10 Å². The van der Waals surface area contributed by atoms with E-state index >= 15 is 0 Å². The number of likely N-dealkylation sites (tertiary alicyclic amines) is 1. The van der Waals surface area contributed by atoms with Crippen LogP contribution in [0, 0.1) is 6.92 Å². The van der Waals surface area contributed by atoms with E-state index in [1.165, 1.54) is 0 Å². The summed E-state index contributed by atoms with van der Waals surface area (Å²) in [5.74, 6) is 0.944. The van der Waals surface area contributed by atoms with Crippen LogP contribution in [0.15, 0.2) is 30.5 Å². The molecule has 3 aromatic rings. The summed E-state index contributed by atoms with van der Waals surface area (Å²) in [7, 11) is 2.76. The Labute approximate surface area is 155 Å². The van der Waals surface area contributed by atoms with Gasteiger partial charge in [-0.05, 0) is 64.8 Å². The van der Waals surface area contributed by atoms with Crippen LogP contribution in [0.2, 0.25) is 0 Å². The average molecular weight is 368 g/mol. The number of fused-ring (bicyclic) bond motifs is 1. The molecule has 7 heteroatoms. The lowest BCUT2D eigenvalue weighted by Crippen LogP contribution is -2.36. The number of hydrogen-bond acceptors (Lipinski definition) is 5. The van der Waals surface area contributed by atoms with Crippen molar-refractivity contribution in [3.05, 3.63) is 36.2 Å². The number of pyridine rings is 2. The molecule has 0 amide bonds. The van der Waals surface area contributed by atoms with Gasteiger partial charge in [-0.25, -0.2) is 14.4 Å². The summed E-state index contributed by atoms with van der Waals surface area (Å²) in [4.78, 5) is 11.9. The summed E-state index contributed by atoms with van der Waals surface area (Å²) >= 11 is 0. The predicted molar refractivity (Wildman–Crippen MR) is 109 cm³/mol. The van der Waals surface area contributed by atoms with E-state index in [-0.39, 0.29) is 0 Å². The zero-order chi connectivity index (χ0) is 18.1. The van der Waals surface area contributed by atoms with Gasteiger partial charge in [0.15, 0.2) is 5.65 Å². The third kappa shape index (κ3) is 3.44. The van der Waals surface area contributed by atoms with Gasteiger partial charge < -0.3 is 10.2 Å². The first-order chi connectivity index (χ1) is 12.6. The van der Waals surface area contributed by atoms with Gasteiger partial charge in [0.2, 0.25) is 0 Å². The second-order valence-corrected chi connectivity index (χ2v) is 7.82. The van der Waals surface area contributed by atoms with Crippen LogP contribution in [0.5, 0.6) is 0 Å². The Morgan fingerprint density at radius 1 is 1.23 bits per heavy atom. The molecule has 0 radical (unpaired) electrons. The average Bonchev–Trinajstić information content (AvgIpc) is 2.99. The molecule has 6 nitrogen and oxygen atoms in total. The molecule has 0 aromatic carbocycles. The Morgan fingerprint density at radius 2 is 2.04 bits per heavy atom. The van der Waals surface area contributed by atoms with Crippen LogP contribution in [-0.2, 0) is 0 Å². The fraction of sp³-hybridized carbons (Fsp3) is 0.421. The van der Waals surface area contributed by atoms with Crippen molar-refractivity contribution in [3.8, 4) is 11.3 Å². The van der Waals surface area contributed by atoms with E-state index in [0.717, 1.165) is 59.7 Å². The lowest BCUT2D eigenvalue weighted by atomic mass is 10.1. The van der Waals surface area contributed by atoms with Crippen molar-refractivity contribution >= 4 is 25.6 Å². The lowest BCUT2D eigenvalue weighted by molar-refractivity contribution is 0.263. The van der Waals surface area contributed by atoms with E-state index < -0.39 is 0 Å². The van der Waals surface area contributed by atoms with Gasteiger partial charge in [-0.1, -0.05) is 6.07 Å². The molecule has 0 aliphatic carbocycles. The van der Waals surface area contributed by atoms with Gasteiger partial charge in [-0.15, -0.1) is 0 Å². The van der Waals surface area contributed by atoms with E-state index in [4.69, 9.17) is 4.98 Å². The molecule has 4 heterocycles. The second kappa shape index (κ2) is 7.29. The molecule has 1 fully saturated rings. The van der Waals surface area contributed by atoms with Crippen LogP contribution in [0.1, 0.15) is 18.5 Å². The van der Waals surface area contributed by atoms with E-state index in [2.05, 4.69) is 52.2 Å². The van der Waals surface area contributed by atoms with E-state index in [1.807, 2.05) is 23.6 Å². The highest BCUT2D eigenvalue weighted by atomic mass is 31.1. The van der Waals surface area contributed by atoms with Crippen LogP contribution < -0.4 is 5.32 Å². The maximum Gasteiger partial charge on any atom is 0.161 e. The highest BCUT2D eigenvalue weighted by molar-refractivity contribution is 7.35. The van der Waals surface area contributed by atoms with Crippen molar-refractivity contribution in [2.24, 2.45) is 0 Å². The number of nitrogens with one attached hydrogen (secondary N) is 1. The van der Waals surface area contributed by atoms with Crippen molar-refractivity contribution in [1.29, 1.82) is 0 Å². The summed E-state index contributed by atoms with van der Waals surface area (Å²) in [6, 6.07) is 8.82. The Morgan fingerprint density at radius 3 is 2.81 bits per heavy atom. The maximum atomic E-state index is 4.83. The highest BCUT2D eigenvalue weighted by Crippen LogP contribution is 2.27. The molecule has 1 unspecified atom stereocenters. The van der Waals surface area contributed by atoms with Gasteiger partial charge in [0.05, 0.1) is 11.4 Å². The first kappa shape index (κ1) is 17.4. The smallest absolute Gasteiger partial charge is 0.161 e. The Kier molecular flexibility index (Phi) is 4.88. The van der Waals surface area contributed by atoms with Crippen LogP contribution in [0.25, 0.3) is 22.3 Å². The summed E-state index contributed by atoms with van der Waals surface area (Å²) in [6.45, 7) is 6.43. The molecule has 1 N–H and O–H groups in total. The predicted octanol–water partition coefficient (Wildman–Crippen LogP) is 3.38. The summed E-state index contributed by atoms with van der Waals surface area (Å²) in [6.07, 6.45) is 4.22. The lowest BCUT2D eigenvalue weighted by Gasteiger charge is -2.29. The minimum atomic E-state index is 0.501. The molecule has 1 aliphatic heterocycles. The number of aromatic nitrogens is 4. The van der Waals surface area contributed by atoms with Crippen molar-refractivity contribution in [3.63, 3.8) is 0 Å². The minimum Gasteiger partial charge on any atom is -0.367 e. The fourth-order valence-electron chi connectivity index (χ4n) is 3.48. The number of hydrogen-bond donors (Lipinski definition) is 1. The SMILES string of the molecule is CPn1nc(C)c2cc(-c3cccc(NC4CCN(C)CC4)n3)cnc21. The molecule has 0 spiro atoms. The van der Waals surface area contributed by atoms with Crippen molar-refractivity contribution in [2.45, 2.75) is 25.8 Å². The fourth-order valence-corrected chi connectivity index (χ4v) is 4.12. The number of anilines is 1. The van der Waals surface area contributed by atoms with Gasteiger partial charge in [-0.3, -0.25) is 0 Å². The van der Waals surface area contributed by atoms with E-state index in [9.17, 15) is 0 Å². The Hall–Kier alpha value is -2.04. The molecule has 0 bridgehead atoms. The first-order valence-electron chi connectivity index (χ1n) is 9.09. The molecule has 4 rings (SSSR count). The van der Waals surface area contributed by atoms with E-state index in [1.54, 1.807) is 0 Å². The van der Waals surface area contributed by atoms with Gasteiger partial charge in [0.1, 0.15) is 5.82 Å². The largest absolute Gasteiger partial charge is 0.367 e. The van der Waals surface area contributed by atoms with Gasteiger partial charge in [0, 0.05) is 31.9 Å². The molecular weight excluding hydrogens is 343 g/mol. The van der Waals surface area contributed by atoms with Crippen molar-refractivity contribution < 1.29 is 0 Å². The van der Waals surface area contributed by atoms with Crippen molar-refractivity contribution in [2.75, 3.05) is 32.1 Å². The molecule has 3 aromatic heterocycles.